The SMILES string of the molecule is COc1ccc(NCCNC(=O)C(Cc2ccccc2)NC(=O)NCc2ccc(F)cc2)cc1. The highest BCUT2D eigenvalue weighted by atomic mass is 19.1. The van der Waals surface area contributed by atoms with Crippen molar-refractivity contribution in [2.75, 3.05) is 25.5 Å². The molecule has 7 nitrogen and oxygen atoms in total. The molecule has 0 aromatic heterocycles. The quantitative estimate of drug-likeness (QED) is 0.327. The first kappa shape index (κ1) is 24.6. The molecule has 3 amide bonds. The fraction of sp³-hybridized carbons (Fsp3) is 0.231. The summed E-state index contributed by atoms with van der Waals surface area (Å²) in [5, 5.41) is 11.6. The summed E-state index contributed by atoms with van der Waals surface area (Å²) in [5.41, 5.74) is 2.59. The number of hydrogen-bond donors (Lipinski definition) is 4. The van der Waals surface area contributed by atoms with Crippen molar-refractivity contribution in [1.82, 2.24) is 16.0 Å². The van der Waals surface area contributed by atoms with Gasteiger partial charge in [-0.3, -0.25) is 4.79 Å². The molecule has 0 radical (unpaired) electrons. The number of hydrogen-bond acceptors (Lipinski definition) is 4. The minimum Gasteiger partial charge on any atom is -0.497 e. The van der Waals surface area contributed by atoms with Gasteiger partial charge in [-0.2, -0.15) is 0 Å². The van der Waals surface area contributed by atoms with Crippen molar-refractivity contribution < 1.29 is 18.7 Å². The van der Waals surface area contributed by atoms with E-state index in [0.717, 1.165) is 22.6 Å². The maximum absolute atomic E-state index is 13.1. The van der Waals surface area contributed by atoms with Crippen LogP contribution in [0.1, 0.15) is 11.1 Å². The Morgan fingerprint density at radius 1 is 0.853 bits per heavy atom. The Hall–Kier alpha value is -4.07. The Balaban J connectivity index is 1.51. The van der Waals surface area contributed by atoms with E-state index in [1.807, 2.05) is 54.6 Å². The third-order valence-electron chi connectivity index (χ3n) is 5.11. The number of anilines is 1. The summed E-state index contributed by atoms with van der Waals surface area (Å²) in [6.45, 7) is 1.12. The first-order valence-electron chi connectivity index (χ1n) is 11.0. The van der Waals surface area contributed by atoms with Gasteiger partial charge in [0.1, 0.15) is 17.6 Å². The molecule has 0 saturated heterocycles. The van der Waals surface area contributed by atoms with E-state index in [9.17, 15) is 14.0 Å². The van der Waals surface area contributed by atoms with E-state index in [1.54, 1.807) is 19.2 Å². The van der Waals surface area contributed by atoms with Gasteiger partial charge in [-0.05, 0) is 47.5 Å². The molecule has 0 aliphatic heterocycles. The molecule has 3 aromatic rings. The average molecular weight is 465 g/mol. The molecule has 8 heteroatoms. The molecule has 0 bridgehead atoms. The van der Waals surface area contributed by atoms with E-state index >= 15 is 0 Å². The maximum Gasteiger partial charge on any atom is 0.315 e. The van der Waals surface area contributed by atoms with Crippen molar-refractivity contribution in [2.45, 2.75) is 19.0 Å². The molecule has 0 saturated carbocycles. The monoisotopic (exact) mass is 464 g/mol. The van der Waals surface area contributed by atoms with Crippen LogP contribution >= 0.6 is 0 Å². The van der Waals surface area contributed by atoms with Crippen LogP contribution in [0.5, 0.6) is 5.75 Å². The number of nitrogens with one attached hydrogen (secondary N) is 4. The van der Waals surface area contributed by atoms with Crippen LogP contribution in [0.3, 0.4) is 0 Å². The number of carbonyl (C=O) groups is 2. The van der Waals surface area contributed by atoms with Crippen molar-refractivity contribution in [3.05, 3.63) is 95.8 Å². The first-order chi connectivity index (χ1) is 16.5. The van der Waals surface area contributed by atoms with Gasteiger partial charge in [-0.1, -0.05) is 42.5 Å². The topological polar surface area (TPSA) is 91.5 Å². The minimum absolute atomic E-state index is 0.220. The second kappa shape index (κ2) is 12.8. The standard InChI is InChI=1S/C26H29FN4O3/c1-34-23-13-11-22(12-14-23)28-15-16-29-25(32)24(17-19-5-3-2-4-6-19)31-26(33)30-18-20-7-9-21(27)10-8-20/h2-14,24,28H,15-18H2,1H3,(H,29,32)(H2,30,31,33). The molecule has 34 heavy (non-hydrogen) atoms. The summed E-state index contributed by atoms with van der Waals surface area (Å²) in [5.74, 6) is 0.151. The number of amides is 3. The second-order valence-corrected chi connectivity index (χ2v) is 7.64. The van der Waals surface area contributed by atoms with Crippen LogP contribution in [-0.2, 0) is 17.8 Å². The van der Waals surface area contributed by atoms with Crippen LogP contribution in [0, 0.1) is 5.82 Å². The van der Waals surface area contributed by atoms with E-state index in [4.69, 9.17) is 4.74 Å². The normalized spacial score (nSPS) is 11.2. The Bertz CT molecular complexity index is 1040. The van der Waals surface area contributed by atoms with Crippen LogP contribution in [0.4, 0.5) is 14.9 Å². The van der Waals surface area contributed by atoms with E-state index in [-0.39, 0.29) is 18.3 Å². The highest BCUT2D eigenvalue weighted by Crippen LogP contribution is 2.14. The van der Waals surface area contributed by atoms with Gasteiger partial charge in [-0.25, -0.2) is 9.18 Å². The lowest BCUT2D eigenvalue weighted by atomic mass is 10.1. The van der Waals surface area contributed by atoms with Crippen LogP contribution in [0.2, 0.25) is 0 Å². The Kier molecular flexibility index (Phi) is 9.28. The fourth-order valence-corrected chi connectivity index (χ4v) is 3.28. The molecule has 4 N–H and O–H groups in total. The van der Waals surface area contributed by atoms with E-state index < -0.39 is 12.1 Å². The molecule has 1 atom stereocenters. The van der Waals surface area contributed by atoms with Gasteiger partial charge < -0.3 is 26.0 Å². The molecular formula is C26H29FN4O3. The van der Waals surface area contributed by atoms with Crippen molar-refractivity contribution in [2.24, 2.45) is 0 Å². The molecule has 0 aliphatic carbocycles. The average Bonchev–Trinajstić information content (AvgIpc) is 2.86. The second-order valence-electron chi connectivity index (χ2n) is 7.64. The summed E-state index contributed by atoms with van der Waals surface area (Å²) < 4.78 is 18.2. The predicted octanol–water partition coefficient (Wildman–Crippen LogP) is 3.47. The van der Waals surface area contributed by atoms with Crippen LogP contribution < -0.4 is 26.0 Å². The maximum atomic E-state index is 13.1. The fourth-order valence-electron chi connectivity index (χ4n) is 3.28. The molecule has 3 rings (SSSR count). The highest BCUT2D eigenvalue weighted by Gasteiger charge is 2.21. The van der Waals surface area contributed by atoms with Gasteiger partial charge in [0.2, 0.25) is 5.91 Å². The predicted molar refractivity (Wildman–Crippen MR) is 130 cm³/mol. The lowest BCUT2D eigenvalue weighted by molar-refractivity contribution is -0.122. The van der Waals surface area contributed by atoms with Crippen LogP contribution in [0.25, 0.3) is 0 Å². The number of ether oxygens (including phenoxy) is 1. The minimum atomic E-state index is -0.753. The van der Waals surface area contributed by atoms with E-state index in [0.29, 0.717) is 19.5 Å². The number of benzene rings is 3. The number of carbonyl (C=O) groups excluding carboxylic acids is 2. The Morgan fingerprint density at radius 3 is 2.24 bits per heavy atom. The first-order valence-corrected chi connectivity index (χ1v) is 11.0. The summed E-state index contributed by atoms with van der Waals surface area (Å²) in [4.78, 5) is 25.3. The largest absolute Gasteiger partial charge is 0.497 e. The van der Waals surface area contributed by atoms with Gasteiger partial charge in [0.05, 0.1) is 7.11 Å². The zero-order chi connectivity index (χ0) is 24.2. The van der Waals surface area contributed by atoms with Crippen molar-refractivity contribution in [3.63, 3.8) is 0 Å². The molecule has 3 aromatic carbocycles. The molecule has 0 heterocycles. The molecule has 0 fully saturated rings. The number of halogens is 1. The third kappa shape index (κ3) is 8.12. The number of rotatable bonds is 11. The Labute approximate surface area is 198 Å². The van der Waals surface area contributed by atoms with Gasteiger partial charge >= 0.3 is 6.03 Å². The van der Waals surface area contributed by atoms with E-state index in [2.05, 4.69) is 21.3 Å². The lowest BCUT2D eigenvalue weighted by Crippen LogP contribution is -2.51. The summed E-state index contributed by atoms with van der Waals surface area (Å²) in [6, 6.07) is 21.6. The van der Waals surface area contributed by atoms with Gasteiger partial charge in [-0.15, -0.1) is 0 Å². The summed E-state index contributed by atoms with van der Waals surface area (Å²) in [6.07, 6.45) is 0.350. The molecule has 1 unspecified atom stereocenters. The van der Waals surface area contributed by atoms with Crippen molar-refractivity contribution >= 4 is 17.6 Å². The van der Waals surface area contributed by atoms with Gasteiger partial charge in [0.15, 0.2) is 0 Å². The zero-order valence-corrected chi connectivity index (χ0v) is 19.0. The molecule has 178 valence electrons. The lowest BCUT2D eigenvalue weighted by Gasteiger charge is -2.19. The zero-order valence-electron chi connectivity index (χ0n) is 19.0. The summed E-state index contributed by atoms with van der Waals surface area (Å²) in [7, 11) is 1.61. The molecule has 0 spiro atoms. The van der Waals surface area contributed by atoms with Crippen LogP contribution in [0.15, 0.2) is 78.9 Å². The number of urea groups is 1. The van der Waals surface area contributed by atoms with Crippen molar-refractivity contribution in [3.8, 4) is 5.75 Å². The van der Waals surface area contributed by atoms with Crippen LogP contribution in [-0.4, -0.2) is 38.2 Å². The van der Waals surface area contributed by atoms with E-state index in [1.165, 1.54) is 12.1 Å². The molecular weight excluding hydrogens is 435 g/mol. The smallest absolute Gasteiger partial charge is 0.315 e. The van der Waals surface area contributed by atoms with Gasteiger partial charge in [0, 0.05) is 31.7 Å². The number of methoxy groups -OCH3 is 1. The summed E-state index contributed by atoms with van der Waals surface area (Å²) >= 11 is 0. The third-order valence-corrected chi connectivity index (χ3v) is 5.11. The molecule has 0 aliphatic rings. The Morgan fingerprint density at radius 2 is 1.56 bits per heavy atom. The van der Waals surface area contributed by atoms with Crippen molar-refractivity contribution in [1.29, 1.82) is 0 Å². The van der Waals surface area contributed by atoms with Gasteiger partial charge in [0.25, 0.3) is 0 Å². The highest BCUT2D eigenvalue weighted by molar-refractivity contribution is 5.87.